The fraction of sp³-hybridized carbons (Fsp3) is 0.364. The number of hydrogen-bond donors (Lipinski definition) is 1. The van der Waals surface area contributed by atoms with E-state index in [2.05, 4.69) is 5.32 Å². The molecule has 0 saturated carbocycles. The predicted molar refractivity (Wildman–Crippen MR) is 64.7 cm³/mol. The van der Waals surface area contributed by atoms with Gasteiger partial charge in [-0.2, -0.15) is 0 Å². The van der Waals surface area contributed by atoms with Crippen LogP contribution in [0.5, 0.6) is 0 Å². The van der Waals surface area contributed by atoms with Crippen molar-refractivity contribution >= 4 is 29.5 Å². The molecule has 16 heavy (non-hydrogen) atoms. The van der Waals surface area contributed by atoms with Crippen LogP contribution in [0.4, 0.5) is 0 Å². The summed E-state index contributed by atoms with van der Waals surface area (Å²) in [6.45, 7) is 2.07. The molecule has 0 bridgehead atoms. The molecule has 1 aromatic rings. The third kappa shape index (κ3) is 2.55. The Balaban J connectivity index is 2.11. The Labute approximate surface area is 104 Å². The Morgan fingerprint density at radius 1 is 1.50 bits per heavy atom. The highest BCUT2D eigenvalue weighted by Gasteiger charge is 2.23. The average Bonchev–Trinajstić information content (AvgIpc) is 2.69. The molecule has 1 aliphatic rings. The molecular weight excluding hydrogens is 247 g/mol. The maximum Gasteiger partial charge on any atom is 0.138 e. The Bertz CT molecular complexity index is 398. The zero-order valence-electron chi connectivity index (χ0n) is 8.62. The molecule has 86 valence electrons. The van der Waals surface area contributed by atoms with Gasteiger partial charge in [0.2, 0.25) is 0 Å². The summed E-state index contributed by atoms with van der Waals surface area (Å²) >= 11 is 11.9. The predicted octanol–water partition coefficient (Wildman–Crippen LogP) is 1.92. The van der Waals surface area contributed by atoms with Crippen LogP contribution in [0, 0.1) is 0 Å². The Kier molecular flexibility index (Phi) is 3.82. The smallest absolute Gasteiger partial charge is 0.138 e. The van der Waals surface area contributed by atoms with Crippen molar-refractivity contribution in [1.29, 1.82) is 0 Å². The van der Waals surface area contributed by atoms with Crippen LogP contribution in [-0.4, -0.2) is 30.4 Å². The molecule has 1 aliphatic heterocycles. The van der Waals surface area contributed by atoms with Crippen LogP contribution < -0.4 is 5.32 Å². The van der Waals surface area contributed by atoms with E-state index < -0.39 is 0 Å². The minimum Gasteiger partial charge on any atom is -0.302 e. The van der Waals surface area contributed by atoms with Gasteiger partial charge < -0.3 is 10.1 Å². The molecule has 5 heteroatoms. The highest BCUT2D eigenvalue weighted by atomic mass is 35.5. The van der Waals surface area contributed by atoms with Gasteiger partial charge in [-0.1, -0.05) is 29.3 Å². The molecular formula is C11H12Cl2N2O. The van der Waals surface area contributed by atoms with E-state index in [9.17, 15) is 4.79 Å². The first-order valence-electron chi connectivity index (χ1n) is 5.04. The van der Waals surface area contributed by atoms with Gasteiger partial charge in [0.05, 0.1) is 6.04 Å². The van der Waals surface area contributed by atoms with E-state index in [-0.39, 0.29) is 6.04 Å². The number of carbonyl (C=O) groups excluding carboxylic acids is 1. The molecule has 1 unspecified atom stereocenters. The summed E-state index contributed by atoms with van der Waals surface area (Å²) in [5.74, 6) is 0. The molecule has 0 spiro atoms. The number of nitrogens with one attached hydrogen (secondary N) is 1. The van der Waals surface area contributed by atoms with Gasteiger partial charge in [-0.05, 0) is 17.7 Å². The fourth-order valence-corrected chi connectivity index (χ4v) is 2.25. The van der Waals surface area contributed by atoms with Gasteiger partial charge in [-0.15, -0.1) is 0 Å². The SMILES string of the molecule is O=CC1CNCN1Cc1ccc(Cl)cc1Cl. The number of nitrogens with zero attached hydrogens (tertiary/aromatic N) is 1. The van der Waals surface area contributed by atoms with Crippen LogP contribution in [0.15, 0.2) is 18.2 Å². The van der Waals surface area contributed by atoms with Gasteiger partial charge in [-0.3, -0.25) is 4.90 Å². The van der Waals surface area contributed by atoms with Crippen LogP contribution in [0.1, 0.15) is 5.56 Å². The van der Waals surface area contributed by atoms with Crippen molar-refractivity contribution in [2.24, 2.45) is 0 Å². The highest BCUT2D eigenvalue weighted by molar-refractivity contribution is 6.35. The van der Waals surface area contributed by atoms with E-state index in [4.69, 9.17) is 23.2 Å². The van der Waals surface area contributed by atoms with Gasteiger partial charge >= 0.3 is 0 Å². The number of hydrogen-bond acceptors (Lipinski definition) is 3. The lowest BCUT2D eigenvalue weighted by molar-refractivity contribution is -0.111. The zero-order chi connectivity index (χ0) is 11.5. The molecule has 1 aromatic carbocycles. The summed E-state index contributed by atoms with van der Waals surface area (Å²) in [5.41, 5.74) is 0.988. The first-order chi connectivity index (χ1) is 7.70. The van der Waals surface area contributed by atoms with Crippen molar-refractivity contribution in [3.05, 3.63) is 33.8 Å². The van der Waals surface area contributed by atoms with E-state index in [0.29, 0.717) is 29.8 Å². The summed E-state index contributed by atoms with van der Waals surface area (Å²) in [4.78, 5) is 12.9. The van der Waals surface area contributed by atoms with Gasteiger partial charge in [-0.25, -0.2) is 0 Å². The lowest BCUT2D eigenvalue weighted by Crippen LogP contribution is -2.31. The van der Waals surface area contributed by atoms with Crippen molar-refractivity contribution < 1.29 is 4.79 Å². The largest absolute Gasteiger partial charge is 0.302 e. The van der Waals surface area contributed by atoms with Gasteiger partial charge in [0, 0.05) is 29.8 Å². The third-order valence-electron chi connectivity index (χ3n) is 2.68. The molecule has 1 saturated heterocycles. The minimum atomic E-state index is -0.0632. The third-order valence-corrected chi connectivity index (χ3v) is 3.27. The quantitative estimate of drug-likeness (QED) is 0.842. The van der Waals surface area contributed by atoms with E-state index >= 15 is 0 Å². The maximum absolute atomic E-state index is 10.8. The molecule has 2 rings (SSSR count). The second-order valence-corrected chi connectivity index (χ2v) is 4.64. The van der Waals surface area contributed by atoms with Gasteiger partial charge in [0.25, 0.3) is 0 Å². The summed E-state index contributed by atoms with van der Waals surface area (Å²) in [5, 5.41) is 4.42. The van der Waals surface area contributed by atoms with Crippen LogP contribution in [0.25, 0.3) is 0 Å². The monoisotopic (exact) mass is 258 g/mol. The van der Waals surface area contributed by atoms with Crippen molar-refractivity contribution in [3.8, 4) is 0 Å². The summed E-state index contributed by atoms with van der Waals surface area (Å²) in [6.07, 6.45) is 0.962. The van der Waals surface area contributed by atoms with E-state index in [1.807, 2.05) is 17.0 Å². The first kappa shape index (κ1) is 11.9. The van der Waals surface area contributed by atoms with E-state index in [1.54, 1.807) is 6.07 Å². The second-order valence-electron chi connectivity index (χ2n) is 3.80. The van der Waals surface area contributed by atoms with Gasteiger partial charge in [0.1, 0.15) is 6.29 Å². The number of benzene rings is 1. The topological polar surface area (TPSA) is 32.3 Å². The normalized spacial score (nSPS) is 21.2. The maximum atomic E-state index is 10.8. The summed E-state index contributed by atoms with van der Waals surface area (Å²) in [6, 6.07) is 5.36. The molecule has 1 N–H and O–H groups in total. The minimum absolute atomic E-state index is 0.0632. The number of halogens is 2. The number of aldehydes is 1. The molecule has 1 heterocycles. The Morgan fingerprint density at radius 2 is 2.31 bits per heavy atom. The summed E-state index contributed by atoms with van der Waals surface area (Å²) in [7, 11) is 0. The van der Waals surface area contributed by atoms with Crippen LogP contribution in [-0.2, 0) is 11.3 Å². The summed E-state index contributed by atoms with van der Waals surface area (Å²) < 4.78 is 0. The van der Waals surface area contributed by atoms with Crippen molar-refractivity contribution in [2.75, 3.05) is 13.2 Å². The van der Waals surface area contributed by atoms with Crippen molar-refractivity contribution in [2.45, 2.75) is 12.6 Å². The molecule has 0 aliphatic carbocycles. The molecule has 1 fully saturated rings. The molecule has 1 atom stereocenters. The van der Waals surface area contributed by atoms with E-state index in [1.165, 1.54) is 0 Å². The molecule has 0 amide bonds. The average molecular weight is 259 g/mol. The van der Waals surface area contributed by atoms with Crippen molar-refractivity contribution in [1.82, 2.24) is 10.2 Å². The van der Waals surface area contributed by atoms with E-state index in [0.717, 1.165) is 11.8 Å². The number of rotatable bonds is 3. The van der Waals surface area contributed by atoms with Crippen LogP contribution >= 0.6 is 23.2 Å². The zero-order valence-corrected chi connectivity index (χ0v) is 10.1. The van der Waals surface area contributed by atoms with Crippen LogP contribution in [0.3, 0.4) is 0 Å². The molecule has 3 nitrogen and oxygen atoms in total. The number of carbonyl (C=O) groups is 1. The standard InChI is InChI=1S/C11H12Cl2N2O/c12-9-2-1-8(11(13)3-9)5-15-7-14-4-10(15)6-16/h1-3,6,10,14H,4-5,7H2. The lowest BCUT2D eigenvalue weighted by Gasteiger charge is -2.19. The highest BCUT2D eigenvalue weighted by Crippen LogP contribution is 2.23. The van der Waals surface area contributed by atoms with Gasteiger partial charge in [0.15, 0.2) is 0 Å². The lowest BCUT2D eigenvalue weighted by atomic mass is 10.2. The Hall–Kier alpha value is -0.610. The second kappa shape index (κ2) is 5.15. The molecule has 0 radical (unpaired) electrons. The molecule has 0 aromatic heterocycles. The van der Waals surface area contributed by atoms with Crippen LogP contribution in [0.2, 0.25) is 10.0 Å². The fourth-order valence-electron chi connectivity index (χ4n) is 1.78. The Morgan fingerprint density at radius 3 is 3.00 bits per heavy atom. The van der Waals surface area contributed by atoms with Crippen molar-refractivity contribution in [3.63, 3.8) is 0 Å². The first-order valence-corrected chi connectivity index (χ1v) is 5.80.